The fraction of sp³-hybridized carbons (Fsp3) is 0.632. The van der Waals surface area contributed by atoms with Crippen LogP contribution in [0, 0.1) is 12.8 Å². The number of hydrogen-bond donors (Lipinski definition) is 2. The van der Waals surface area contributed by atoms with Crippen LogP contribution in [0.15, 0.2) is 29.3 Å². The molecule has 0 aromatic heterocycles. The molecule has 2 N–H and O–H groups in total. The molecule has 0 aliphatic carbocycles. The number of aliphatic imine (C=N–C) groups is 1. The van der Waals surface area contributed by atoms with E-state index in [0.29, 0.717) is 36.2 Å². The highest BCUT2D eigenvalue weighted by Gasteiger charge is 2.50. The molecule has 1 heterocycles. The van der Waals surface area contributed by atoms with Gasteiger partial charge >= 0.3 is 15.5 Å². The van der Waals surface area contributed by atoms with Gasteiger partial charge in [0.1, 0.15) is 0 Å². The van der Waals surface area contributed by atoms with Crippen LogP contribution in [-0.4, -0.2) is 57.4 Å². The van der Waals surface area contributed by atoms with Gasteiger partial charge in [-0.15, -0.1) is 0 Å². The van der Waals surface area contributed by atoms with E-state index in [1.165, 1.54) is 11.1 Å². The Morgan fingerprint density at radius 2 is 1.93 bits per heavy atom. The molecule has 1 aliphatic rings. The monoisotopic (exact) mass is 434 g/mol. The van der Waals surface area contributed by atoms with E-state index in [-0.39, 0.29) is 24.9 Å². The third kappa shape index (κ3) is 6.33. The second-order valence-electron chi connectivity index (χ2n) is 7.44. The normalized spacial score (nSPS) is 18.5. The lowest BCUT2D eigenvalue weighted by Gasteiger charge is -2.31. The zero-order valence-electron chi connectivity index (χ0n) is 17.0. The van der Waals surface area contributed by atoms with E-state index in [2.05, 4.69) is 47.7 Å². The Hall–Kier alpha value is -1.81. The highest BCUT2D eigenvalue weighted by molar-refractivity contribution is 7.90. The van der Waals surface area contributed by atoms with Crippen molar-refractivity contribution < 1.29 is 21.6 Å². The van der Waals surface area contributed by atoms with Gasteiger partial charge in [0.15, 0.2) is 5.96 Å². The third-order valence-electron chi connectivity index (χ3n) is 5.17. The van der Waals surface area contributed by atoms with Crippen molar-refractivity contribution >= 4 is 16.0 Å². The van der Waals surface area contributed by atoms with Crippen molar-refractivity contribution in [3.8, 4) is 0 Å². The van der Waals surface area contributed by atoms with Crippen LogP contribution in [-0.2, 0) is 10.0 Å². The molecular formula is C19H29F3N4O2S. The molecule has 1 fully saturated rings. The van der Waals surface area contributed by atoms with E-state index in [1.54, 1.807) is 7.05 Å². The molecule has 1 atom stereocenters. The van der Waals surface area contributed by atoms with Crippen LogP contribution in [0.2, 0.25) is 0 Å². The second kappa shape index (κ2) is 9.80. The van der Waals surface area contributed by atoms with Gasteiger partial charge in [-0.05, 0) is 37.2 Å². The van der Waals surface area contributed by atoms with Gasteiger partial charge in [0.25, 0.3) is 0 Å². The van der Waals surface area contributed by atoms with E-state index < -0.39 is 15.5 Å². The number of rotatable bonds is 6. The van der Waals surface area contributed by atoms with Gasteiger partial charge in [0, 0.05) is 33.2 Å². The van der Waals surface area contributed by atoms with Crippen molar-refractivity contribution in [1.29, 1.82) is 0 Å². The van der Waals surface area contributed by atoms with Crippen molar-refractivity contribution in [2.45, 2.75) is 38.1 Å². The molecule has 0 bridgehead atoms. The number of hydrogen-bond acceptors (Lipinski definition) is 3. The van der Waals surface area contributed by atoms with Crippen LogP contribution in [0.4, 0.5) is 13.2 Å². The van der Waals surface area contributed by atoms with E-state index in [9.17, 15) is 21.6 Å². The fourth-order valence-electron chi connectivity index (χ4n) is 3.31. The average molecular weight is 435 g/mol. The minimum absolute atomic E-state index is 0.0856. The Labute approximate surface area is 170 Å². The van der Waals surface area contributed by atoms with Crippen LogP contribution in [0.3, 0.4) is 0 Å². The molecule has 0 spiro atoms. The molecule has 164 valence electrons. The standard InChI is InChI=1S/C19H29F3N4O2S/c1-14-5-4-6-17(11-14)15(2)12-24-18(23-3)25-13-16-7-9-26(10-8-16)29(27,28)19(20,21)22/h4-6,11,15-16H,7-10,12-13H2,1-3H3,(H2,23,24,25). The molecule has 1 aromatic carbocycles. The number of nitrogens with zero attached hydrogens (tertiary/aromatic N) is 2. The second-order valence-corrected chi connectivity index (χ2v) is 9.37. The SMILES string of the molecule is CN=C(NCC1CCN(S(=O)(=O)C(F)(F)F)CC1)NCC(C)c1cccc(C)c1. The first kappa shape index (κ1) is 23.5. The number of halogens is 3. The summed E-state index contributed by atoms with van der Waals surface area (Å²) in [6, 6.07) is 8.30. The van der Waals surface area contributed by atoms with Crippen LogP contribution in [0.25, 0.3) is 0 Å². The largest absolute Gasteiger partial charge is 0.511 e. The van der Waals surface area contributed by atoms with Crippen LogP contribution in [0.5, 0.6) is 0 Å². The molecular weight excluding hydrogens is 405 g/mol. The Morgan fingerprint density at radius 1 is 1.28 bits per heavy atom. The van der Waals surface area contributed by atoms with Gasteiger partial charge in [0.2, 0.25) is 0 Å². The predicted octanol–water partition coefficient (Wildman–Crippen LogP) is 2.83. The highest BCUT2D eigenvalue weighted by atomic mass is 32.2. The van der Waals surface area contributed by atoms with Crippen LogP contribution in [0.1, 0.15) is 36.8 Å². The summed E-state index contributed by atoms with van der Waals surface area (Å²) in [4.78, 5) is 4.18. The first-order valence-electron chi connectivity index (χ1n) is 9.62. The van der Waals surface area contributed by atoms with Crippen molar-refractivity contribution in [3.63, 3.8) is 0 Å². The molecule has 10 heteroatoms. The summed E-state index contributed by atoms with van der Waals surface area (Å²) in [5, 5.41) is 6.45. The number of nitrogens with one attached hydrogen (secondary N) is 2. The van der Waals surface area contributed by atoms with Crippen LogP contribution >= 0.6 is 0 Å². The summed E-state index contributed by atoms with van der Waals surface area (Å²) in [6.45, 7) is 5.14. The van der Waals surface area contributed by atoms with Gasteiger partial charge in [-0.25, -0.2) is 8.42 Å². The maximum absolute atomic E-state index is 12.6. The smallest absolute Gasteiger partial charge is 0.356 e. The molecule has 29 heavy (non-hydrogen) atoms. The Morgan fingerprint density at radius 3 is 2.48 bits per heavy atom. The van der Waals surface area contributed by atoms with E-state index in [1.807, 2.05) is 6.07 Å². The van der Waals surface area contributed by atoms with Gasteiger partial charge in [-0.1, -0.05) is 36.8 Å². The zero-order valence-corrected chi connectivity index (χ0v) is 17.8. The quantitative estimate of drug-likeness (QED) is 0.533. The van der Waals surface area contributed by atoms with Gasteiger partial charge in [-0.2, -0.15) is 17.5 Å². The molecule has 0 amide bonds. The number of alkyl halides is 3. The Balaban J connectivity index is 1.78. The minimum Gasteiger partial charge on any atom is -0.356 e. The summed E-state index contributed by atoms with van der Waals surface area (Å²) in [6.07, 6.45) is 0.748. The third-order valence-corrected chi connectivity index (χ3v) is 6.80. The van der Waals surface area contributed by atoms with E-state index in [4.69, 9.17) is 0 Å². The number of sulfonamides is 1. The fourth-order valence-corrected chi connectivity index (χ4v) is 4.29. The molecule has 1 unspecified atom stereocenters. The summed E-state index contributed by atoms with van der Waals surface area (Å²) in [7, 11) is -3.57. The summed E-state index contributed by atoms with van der Waals surface area (Å²) < 4.78 is 61.4. The first-order valence-corrected chi connectivity index (χ1v) is 11.1. The average Bonchev–Trinajstić information content (AvgIpc) is 2.67. The number of aryl methyl sites for hydroxylation is 1. The van der Waals surface area contributed by atoms with Gasteiger partial charge in [-0.3, -0.25) is 4.99 Å². The summed E-state index contributed by atoms with van der Waals surface area (Å²) in [5.41, 5.74) is -2.81. The molecule has 1 aromatic rings. The van der Waals surface area contributed by atoms with Gasteiger partial charge in [0.05, 0.1) is 0 Å². The van der Waals surface area contributed by atoms with Gasteiger partial charge < -0.3 is 10.6 Å². The van der Waals surface area contributed by atoms with E-state index in [0.717, 1.165) is 0 Å². The Bertz CT molecular complexity index is 804. The molecule has 6 nitrogen and oxygen atoms in total. The summed E-state index contributed by atoms with van der Waals surface area (Å²) >= 11 is 0. The molecule has 0 radical (unpaired) electrons. The van der Waals surface area contributed by atoms with Crippen molar-refractivity contribution in [2.75, 3.05) is 33.2 Å². The highest BCUT2D eigenvalue weighted by Crippen LogP contribution is 2.30. The van der Waals surface area contributed by atoms with Crippen molar-refractivity contribution in [2.24, 2.45) is 10.9 Å². The maximum Gasteiger partial charge on any atom is 0.511 e. The Kier molecular flexibility index (Phi) is 7.93. The number of benzene rings is 1. The first-order chi connectivity index (χ1) is 13.5. The molecule has 0 saturated carbocycles. The minimum atomic E-state index is -5.24. The summed E-state index contributed by atoms with van der Waals surface area (Å²) in [5.74, 6) is 0.988. The molecule has 1 saturated heterocycles. The lowest BCUT2D eigenvalue weighted by molar-refractivity contribution is -0.0496. The molecule has 2 rings (SSSR count). The topological polar surface area (TPSA) is 73.8 Å². The number of piperidine rings is 1. The molecule has 1 aliphatic heterocycles. The zero-order chi connectivity index (χ0) is 21.7. The lowest BCUT2D eigenvalue weighted by Crippen LogP contribution is -2.47. The number of guanidine groups is 1. The van der Waals surface area contributed by atoms with Crippen molar-refractivity contribution in [1.82, 2.24) is 14.9 Å². The van der Waals surface area contributed by atoms with Crippen molar-refractivity contribution in [3.05, 3.63) is 35.4 Å². The van der Waals surface area contributed by atoms with E-state index >= 15 is 0 Å². The predicted molar refractivity (Wildman–Crippen MR) is 108 cm³/mol. The lowest BCUT2D eigenvalue weighted by atomic mass is 9.98. The maximum atomic E-state index is 12.6. The van der Waals surface area contributed by atoms with Crippen LogP contribution < -0.4 is 10.6 Å².